The molecule has 0 unspecified atom stereocenters. The fraction of sp³-hybridized carbons (Fsp3) is 0.0556. The highest BCUT2D eigenvalue weighted by Crippen LogP contribution is 2.24. The lowest BCUT2D eigenvalue weighted by molar-refractivity contribution is -0.113. The van der Waals surface area contributed by atoms with Crippen molar-refractivity contribution < 1.29 is 13.2 Å². The van der Waals surface area contributed by atoms with Crippen LogP contribution in [0.1, 0.15) is 0 Å². The number of carbonyl (C=O) groups excluding carboxylic acids is 1. The second-order valence-corrected chi connectivity index (χ2v) is 10.6. The van der Waals surface area contributed by atoms with Crippen molar-refractivity contribution >= 4 is 73.0 Å². The molecule has 1 aromatic heterocycles. The van der Waals surface area contributed by atoms with Crippen molar-refractivity contribution in [2.75, 3.05) is 15.8 Å². The van der Waals surface area contributed by atoms with E-state index in [0.717, 1.165) is 14.2 Å². The van der Waals surface area contributed by atoms with E-state index in [-0.39, 0.29) is 15.9 Å². The van der Waals surface area contributed by atoms with Gasteiger partial charge in [0, 0.05) is 19.8 Å². The third kappa shape index (κ3) is 5.96. The summed E-state index contributed by atoms with van der Waals surface area (Å²) in [5.74, 6) is 0.176. The van der Waals surface area contributed by atoms with E-state index in [1.54, 1.807) is 41.8 Å². The quantitative estimate of drug-likeness (QED) is 0.337. The number of thioether (sulfide) groups is 1. The van der Waals surface area contributed by atoms with Gasteiger partial charge in [-0.25, -0.2) is 8.42 Å². The van der Waals surface area contributed by atoms with Crippen LogP contribution in [0, 0.1) is 3.57 Å². The zero-order chi connectivity index (χ0) is 19.3. The van der Waals surface area contributed by atoms with Crippen molar-refractivity contribution in [3.05, 3.63) is 69.6 Å². The Hall–Kier alpha value is -1.56. The Morgan fingerprint density at radius 2 is 1.67 bits per heavy atom. The lowest BCUT2D eigenvalue weighted by Crippen LogP contribution is -2.13. The molecular weight excluding hydrogens is 515 g/mol. The predicted molar refractivity (Wildman–Crippen MR) is 120 cm³/mol. The number of halogens is 1. The summed E-state index contributed by atoms with van der Waals surface area (Å²) in [7, 11) is -3.55. The van der Waals surface area contributed by atoms with Crippen molar-refractivity contribution in [1.82, 2.24) is 0 Å². The minimum atomic E-state index is -3.55. The fourth-order valence-corrected chi connectivity index (χ4v) is 5.23. The Labute approximate surface area is 179 Å². The Bertz CT molecular complexity index is 1000. The van der Waals surface area contributed by atoms with Gasteiger partial charge in [-0.2, -0.15) is 0 Å². The highest BCUT2D eigenvalue weighted by molar-refractivity contribution is 14.1. The zero-order valence-corrected chi connectivity index (χ0v) is 18.5. The van der Waals surface area contributed by atoms with E-state index in [9.17, 15) is 13.2 Å². The first-order valence-electron chi connectivity index (χ1n) is 7.77. The maximum atomic E-state index is 12.2. The molecule has 1 heterocycles. The summed E-state index contributed by atoms with van der Waals surface area (Å²) >= 11 is 4.76. The van der Waals surface area contributed by atoms with Gasteiger partial charge in [0.1, 0.15) is 4.21 Å². The number of anilines is 2. The number of carbonyl (C=O) groups is 1. The number of hydrogen-bond acceptors (Lipinski definition) is 5. The molecule has 0 atom stereocenters. The van der Waals surface area contributed by atoms with Gasteiger partial charge in [-0.3, -0.25) is 9.52 Å². The Morgan fingerprint density at radius 3 is 2.30 bits per heavy atom. The number of rotatable bonds is 7. The molecule has 140 valence electrons. The Balaban J connectivity index is 1.53. The first-order valence-corrected chi connectivity index (χ1v) is 12.2. The van der Waals surface area contributed by atoms with Gasteiger partial charge >= 0.3 is 0 Å². The minimum absolute atomic E-state index is 0.0938. The smallest absolute Gasteiger partial charge is 0.271 e. The molecule has 0 saturated heterocycles. The molecule has 3 rings (SSSR count). The minimum Gasteiger partial charge on any atom is -0.325 e. The van der Waals surface area contributed by atoms with E-state index >= 15 is 0 Å². The summed E-state index contributed by atoms with van der Waals surface area (Å²) < 4.78 is 28.3. The normalized spacial score (nSPS) is 11.1. The van der Waals surface area contributed by atoms with Crippen LogP contribution in [0.4, 0.5) is 11.4 Å². The van der Waals surface area contributed by atoms with Crippen LogP contribution in [0.2, 0.25) is 0 Å². The van der Waals surface area contributed by atoms with E-state index in [1.165, 1.54) is 23.1 Å². The van der Waals surface area contributed by atoms with Gasteiger partial charge in [-0.05, 0) is 82.6 Å². The van der Waals surface area contributed by atoms with E-state index in [0.29, 0.717) is 5.69 Å². The molecule has 27 heavy (non-hydrogen) atoms. The van der Waals surface area contributed by atoms with Crippen LogP contribution < -0.4 is 10.0 Å². The van der Waals surface area contributed by atoms with Gasteiger partial charge in [0.05, 0.1) is 5.75 Å². The van der Waals surface area contributed by atoms with Gasteiger partial charge in [-0.1, -0.05) is 6.07 Å². The molecule has 2 aromatic carbocycles. The third-order valence-corrected chi connectivity index (χ3v) is 7.87. The van der Waals surface area contributed by atoms with Crippen LogP contribution in [-0.4, -0.2) is 20.1 Å². The molecule has 0 aliphatic carbocycles. The van der Waals surface area contributed by atoms with Gasteiger partial charge in [0.2, 0.25) is 5.91 Å². The molecule has 0 spiro atoms. The van der Waals surface area contributed by atoms with Crippen molar-refractivity contribution in [2.24, 2.45) is 0 Å². The van der Waals surface area contributed by atoms with Crippen molar-refractivity contribution in [3.8, 4) is 0 Å². The van der Waals surface area contributed by atoms with Crippen LogP contribution in [-0.2, 0) is 14.8 Å². The standard InChI is InChI=1S/C18H15IN2O3S3/c19-13-3-5-14(6-4-13)20-17(22)12-26-16-9-7-15(8-10-16)21-27(23,24)18-2-1-11-25-18/h1-11,21H,12H2,(H,20,22). The maximum absolute atomic E-state index is 12.2. The van der Waals surface area contributed by atoms with E-state index in [2.05, 4.69) is 32.6 Å². The summed E-state index contributed by atoms with van der Waals surface area (Å²) in [6, 6.07) is 17.8. The van der Waals surface area contributed by atoms with Gasteiger partial charge in [0.15, 0.2) is 0 Å². The molecule has 9 heteroatoms. The largest absolute Gasteiger partial charge is 0.325 e. The average molecular weight is 530 g/mol. The number of thiophene rings is 1. The first kappa shape index (κ1) is 20.2. The van der Waals surface area contributed by atoms with E-state index in [1.807, 2.05) is 24.3 Å². The molecule has 0 fully saturated rings. The molecular formula is C18H15IN2O3S3. The highest BCUT2D eigenvalue weighted by atomic mass is 127. The molecule has 0 saturated carbocycles. The van der Waals surface area contributed by atoms with Crippen LogP contribution in [0.3, 0.4) is 0 Å². The molecule has 3 aromatic rings. The number of sulfonamides is 1. The maximum Gasteiger partial charge on any atom is 0.271 e. The van der Waals surface area contributed by atoms with Gasteiger partial charge in [0.25, 0.3) is 10.0 Å². The molecule has 2 N–H and O–H groups in total. The Kier molecular flexibility index (Phi) is 6.79. The molecule has 5 nitrogen and oxygen atoms in total. The van der Waals surface area contributed by atoms with Gasteiger partial charge in [-0.15, -0.1) is 23.1 Å². The summed E-state index contributed by atoms with van der Waals surface area (Å²) in [6.07, 6.45) is 0. The lowest BCUT2D eigenvalue weighted by Gasteiger charge is -2.08. The van der Waals surface area contributed by atoms with Crippen molar-refractivity contribution in [2.45, 2.75) is 9.10 Å². The second kappa shape index (κ2) is 9.09. The molecule has 0 aliphatic heterocycles. The van der Waals surface area contributed by atoms with Crippen LogP contribution >= 0.6 is 45.7 Å². The zero-order valence-electron chi connectivity index (χ0n) is 13.9. The number of benzene rings is 2. The third-order valence-electron chi connectivity index (χ3n) is 3.36. The second-order valence-electron chi connectivity index (χ2n) is 5.41. The molecule has 0 radical (unpaired) electrons. The molecule has 0 aliphatic rings. The Morgan fingerprint density at radius 1 is 1.00 bits per heavy atom. The monoisotopic (exact) mass is 530 g/mol. The summed E-state index contributed by atoms with van der Waals surface area (Å²) in [4.78, 5) is 12.9. The SMILES string of the molecule is O=C(CSc1ccc(NS(=O)(=O)c2cccs2)cc1)Nc1ccc(I)cc1. The topological polar surface area (TPSA) is 75.3 Å². The number of nitrogens with one attached hydrogen (secondary N) is 2. The highest BCUT2D eigenvalue weighted by Gasteiger charge is 2.15. The van der Waals surface area contributed by atoms with Crippen molar-refractivity contribution in [1.29, 1.82) is 0 Å². The van der Waals surface area contributed by atoms with E-state index in [4.69, 9.17) is 0 Å². The fourth-order valence-electron chi connectivity index (χ4n) is 2.12. The predicted octanol–water partition coefficient (Wildman–Crippen LogP) is 4.88. The van der Waals surface area contributed by atoms with Crippen LogP contribution in [0.25, 0.3) is 0 Å². The van der Waals surface area contributed by atoms with Crippen molar-refractivity contribution in [3.63, 3.8) is 0 Å². The first-order chi connectivity index (χ1) is 12.9. The summed E-state index contributed by atoms with van der Waals surface area (Å²) in [6.45, 7) is 0. The van der Waals surface area contributed by atoms with Gasteiger partial charge < -0.3 is 5.32 Å². The molecule has 0 bridgehead atoms. The molecule has 1 amide bonds. The van der Waals surface area contributed by atoms with Crippen LogP contribution in [0.5, 0.6) is 0 Å². The average Bonchev–Trinajstić information content (AvgIpc) is 3.19. The summed E-state index contributed by atoms with van der Waals surface area (Å²) in [5, 5.41) is 4.56. The van der Waals surface area contributed by atoms with Crippen LogP contribution in [0.15, 0.2) is 75.1 Å². The summed E-state index contributed by atoms with van der Waals surface area (Å²) in [5.41, 5.74) is 1.25. The number of amides is 1. The lowest BCUT2D eigenvalue weighted by atomic mass is 10.3. The number of hydrogen-bond donors (Lipinski definition) is 2. The van der Waals surface area contributed by atoms with E-state index < -0.39 is 10.0 Å².